The van der Waals surface area contributed by atoms with Gasteiger partial charge in [0.05, 0.1) is 6.54 Å². The summed E-state index contributed by atoms with van der Waals surface area (Å²) in [7, 11) is 0. The van der Waals surface area contributed by atoms with E-state index in [1.54, 1.807) is 6.33 Å². The Morgan fingerprint density at radius 1 is 1.15 bits per heavy atom. The highest BCUT2D eigenvalue weighted by Gasteiger charge is 1.99. The largest absolute Gasteiger partial charge is 0.492 e. The lowest BCUT2D eigenvalue weighted by Crippen LogP contribution is -2.12. The zero-order valence-corrected chi connectivity index (χ0v) is 12.3. The third-order valence-corrected chi connectivity index (χ3v) is 3.03. The first kappa shape index (κ1) is 14.3. The van der Waals surface area contributed by atoms with Crippen molar-refractivity contribution in [1.82, 2.24) is 9.97 Å². The number of nitrogens with zero attached hydrogens (tertiary/aromatic N) is 2. The van der Waals surface area contributed by atoms with Crippen molar-refractivity contribution in [1.29, 1.82) is 0 Å². The Balaban J connectivity index is 1.75. The minimum Gasteiger partial charge on any atom is -0.492 e. The van der Waals surface area contributed by atoms with Crippen LogP contribution in [0, 0.1) is 6.92 Å². The maximum Gasteiger partial charge on any atom is 0.129 e. The second kappa shape index (κ2) is 6.89. The molecule has 2 aromatic rings. The van der Waals surface area contributed by atoms with E-state index in [1.165, 1.54) is 5.56 Å². The Hall–Kier alpha value is -2.10. The predicted octanol–water partition coefficient (Wildman–Crippen LogP) is 3.40. The summed E-state index contributed by atoms with van der Waals surface area (Å²) in [5.74, 6) is 2.28. The molecule has 0 radical (unpaired) electrons. The summed E-state index contributed by atoms with van der Waals surface area (Å²) >= 11 is 0. The predicted molar refractivity (Wildman–Crippen MR) is 81.3 cm³/mol. The van der Waals surface area contributed by atoms with Crippen molar-refractivity contribution in [3.8, 4) is 5.75 Å². The Kier molecular flexibility index (Phi) is 4.93. The van der Waals surface area contributed by atoms with Gasteiger partial charge in [-0.3, -0.25) is 0 Å². The molecule has 0 spiro atoms. The van der Waals surface area contributed by atoms with Crippen molar-refractivity contribution in [2.75, 3.05) is 18.5 Å². The van der Waals surface area contributed by atoms with Crippen molar-refractivity contribution in [3.63, 3.8) is 0 Å². The van der Waals surface area contributed by atoms with Crippen LogP contribution in [0.5, 0.6) is 5.75 Å². The molecule has 0 atom stereocenters. The average molecular weight is 271 g/mol. The van der Waals surface area contributed by atoms with Gasteiger partial charge in [-0.05, 0) is 30.5 Å². The Morgan fingerprint density at radius 2 is 1.90 bits per heavy atom. The lowest BCUT2D eigenvalue weighted by molar-refractivity contribution is 0.332. The highest BCUT2D eigenvalue weighted by atomic mass is 16.5. The van der Waals surface area contributed by atoms with Crippen LogP contribution in [-0.2, 0) is 0 Å². The molecule has 4 nitrogen and oxygen atoms in total. The van der Waals surface area contributed by atoms with Gasteiger partial charge in [0, 0.05) is 11.8 Å². The van der Waals surface area contributed by atoms with Crippen LogP contribution >= 0.6 is 0 Å². The van der Waals surface area contributed by atoms with Gasteiger partial charge in [0.2, 0.25) is 0 Å². The van der Waals surface area contributed by atoms with E-state index >= 15 is 0 Å². The summed E-state index contributed by atoms with van der Waals surface area (Å²) in [6.07, 6.45) is 1.56. The van der Waals surface area contributed by atoms with E-state index in [0.29, 0.717) is 19.1 Å². The minimum absolute atomic E-state index is 0.548. The highest BCUT2D eigenvalue weighted by molar-refractivity contribution is 5.34. The lowest BCUT2D eigenvalue weighted by Gasteiger charge is -2.10. The number of ether oxygens (including phenoxy) is 1. The molecule has 20 heavy (non-hydrogen) atoms. The van der Waals surface area contributed by atoms with Crippen molar-refractivity contribution >= 4 is 5.82 Å². The zero-order valence-electron chi connectivity index (χ0n) is 12.3. The van der Waals surface area contributed by atoms with E-state index in [4.69, 9.17) is 4.74 Å². The highest BCUT2D eigenvalue weighted by Crippen LogP contribution is 2.18. The molecule has 0 fully saturated rings. The number of rotatable bonds is 6. The molecule has 0 amide bonds. The van der Waals surface area contributed by atoms with Crippen LogP contribution in [0.15, 0.2) is 36.7 Å². The van der Waals surface area contributed by atoms with E-state index in [0.717, 1.165) is 17.3 Å². The van der Waals surface area contributed by atoms with Crippen LogP contribution in [0.3, 0.4) is 0 Å². The molecule has 1 aromatic heterocycles. The molecule has 4 heteroatoms. The van der Waals surface area contributed by atoms with E-state index in [2.05, 4.69) is 41.3 Å². The molecule has 2 rings (SSSR count). The monoisotopic (exact) mass is 271 g/mol. The smallest absolute Gasteiger partial charge is 0.129 e. The van der Waals surface area contributed by atoms with Gasteiger partial charge in [0.15, 0.2) is 0 Å². The molecule has 0 aliphatic rings. The molecule has 0 aliphatic heterocycles. The Morgan fingerprint density at radius 3 is 2.55 bits per heavy atom. The number of benzene rings is 1. The minimum atomic E-state index is 0.548. The van der Waals surface area contributed by atoms with E-state index < -0.39 is 0 Å². The number of hydrogen-bond acceptors (Lipinski definition) is 4. The third-order valence-electron chi connectivity index (χ3n) is 3.03. The molecule has 0 aliphatic carbocycles. The topological polar surface area (TPSA) is 47.0 Å². The van der Waals surface area contributed by atoms with Gasteiger partial charge in [0.25, 0.3) is 0 Å². The van der Waals surface area contributed by atoms with Crippen LogP contribution < -0.4 is 10.1 Å². The quantitative estimate of drug-likeness (QED) is 0.818. The number of anilines is 1. The molecule has 1 aromatic carbocycles. The Bertz CT molecular complexity index is 538. The first-order valence-electron chi connectivity index (χ1n) is 6.90. The molecular formula is C16H21N3O. The first-order chi connectivity index (χ1) is 9.65. The fraction of sp³-hybridized carbons (Fsp3) is 0.375. The number of nitrogens with one attached hydrogen (secondary N) is 1. The average Bonchev–Trinajstić information content (AvgIpc) is 2.44. The number of aryl methyl sites for hydroxylation is 1. The van der Waals surface area contributed by atoms with Gasteiger partial charge in [-0.2, -0.15) is 0 Å². The maximum atomic E-state index is 5.69. The SMILES string of the molecule is Cc1cc(NCCOc2ccc(C(C)C)cc2)ncn1. The van der Waals surface area contributed by atoms with E-state index in [1.807, 2.05) is 25.1 Å². The van der Waals surface area contributed by atoms with Gasteiger partial charge in [-0.15, -0.1) is 0 Å². The maximum absolute atomic E-state index is 5.69. The Labute approximate surface area is 120 Å². The molecule has 1 heterocycles. The fourth-order valence-electron chi connectivity index (χ4n) is 1.85. The summed E-state index contributed by atoms with van der Waals surface area (Å²) in [5, 5.41) is 3.21. The van der Waals surface area contributed by atoms with Crippen molar-refractivity contribution < 1.29 is 4.74 Å². The second-order valence-electron chi connectivity index (χ2n) is 5.04. The zero-order chi connectivity index (χ0) is 14.4. The van der Waals surface area contributed by atoms with Gasteiger partial charge >= 0.3 is 0 Å². The van der Waals surface area contributed by atoms with E-state index in [9.17, 15) is 0 Å². The summed E-state index contributed by atoms with van der Waals surface area (Å²) in [6, 6.07) is 10.2. The summed E-state index contributed by atoms with van der Waals surface area (Å²) < 4.78 is 5.69. The van der Waals surface area contributed by atoms with Crippen LogP contribution in [0.25, 0.3) is 0 Å². The first-order valence-corrected chi connectivity index (χ1v) is 6.90. The lowest BCUT2D eigenvalue weighted by atomic mass is 10.0. The summed E-state index contributed by atoms with van der Waals surface area (Å²) in [4.78, 5) is 8.19. The van der Waals surface area contributed by atoms with Gasteiger partial charge in [0.1, 0.15) is 24.5 Å². The van der Waals surface area contributed by atoms with Crippen LogP contribution in [0.4, 0.5) is 5.82 Å². The van der Waals surface area contributed by atoms with Gasteiger partial charge in [-0.25, -0.2) is 9.97 Å². The summed E-state index contributed by atoms with van der Waals surface area (Å²) in [5.41, 5.74) is 2.28. The normalized spacial score (nSPS) is 10.6. The van der Waals surface area contributed by atoms with Gasteiger partial charge in [-0.1, -0.05) is 26.0 Å². The fourth-order valence-corrected chi connectivity index (χ4v) is 1.85. The van der Waals surface area contributed by atoms with Crippen LogP contribution in [0.2, 0.25) is 0 Å². The van der Waals surface area contributed by atoms with Crippen molar-refractivity contribution in [2.45, 2.75) is 26.7 Å². The summed E-state index contributed by atoms with van der Waals surface area (Å²) in [6.45, 7) is 7.62. The van der Waals surface area contributed by atoms with Crippen LogP contribution in [0.1, 0.15) is 31.0 Å². The third kappa shape index (κ3) is 4.23. The van der Waals surface area contributed by atoms with E-state index in [-0.39, 0.29) is 0 Å². The van der Waals surface area contributed by atoms with Crippen molar-refractivity contribution in [2.24, 2.45) is 0 Å². The molecule has 0 unspecified atom stereocenters. The number of hydrogen-bond donors (Lipinski definition) is 1. The molecule has 1 N–H and O–H groups in total. The second-order valence-corrected chi connectivity index (χ2v) is 5.04. The standard InChI is InChI=1S/C16H21N3O/c1-12(2)14-4-6-15(7-5-14)20-9-8-17-16-10-13(3)18-11-19-16/h4-7,10-12H,8-9H2,1-3H3,(H,17,18,19). The molecule has 0 bridgehead atoms. The number of aromatic nitrogens is 2. The molecule has 0 saturated carbocycles. The van der Waals surface area contributed by atoms with Gasteiger partial charge < -0.3 is 10.1 Å². The van der Waals surface area contributed by atoms with Crippen LogP contribution in [-0.4, -0.2) is 23.1 Å². The molecule has 106 valence electrons. The molecule has 0 saturated heterocycles. The van der Waals surface area contributed by atoms with Crippen molar-refractivity contribution in [3.05, 3.63) is 47.9 Å². The molecular weight excluding hydrogens is 250 g/mol.